The normalized spacial score (nSPS) is 17.1. The molecule has 4 rings (SSSR count). The summed E-state index contributed by atoms with van der Waals surface area (Å²) in [6, 6.07) is 4.04. The molecule has 2 aromatic rings. The minimum atomic E-state index is -3.67. The highest BCUT2D eigenvalue weighted by atomic mass is 35.5. The molecular formula is C22H25Cl2NO5S. The third kappa shape index (κ3) is 6.13. The van der Waals surface area contributed by atoms with E-state index in [0.29, 0.717) is 16.3 Å². The molecule has 0 radical (unpaired) electrons. The fourth-order valence-corrected chi connectivity index (χ4v) is 4.53. The number of nitrogens with zero attached hydrogens (tertiary/aromatic N) is 1. The molecule has 2 aliphatic rings. The van der Waals surface area contributed by atoms with E-state index in [4.69, 9.17) is 37.2 Å². The zero-order valence-corrected chi connectivity index (χ0v) is 19.7. The van der Waals surface area contributed by atoms with Gasteiger partial charge in [0.05, 0.1) is 23.4 Å². The summed E-state index contributed by atoms with van der Waals surface area (Å²) in [5.41, 5.74) is 3.04. The molecule has 0 unspecified atom stereocenters. The van der Waals surface area contributed by atoms with Gasteiger partial charge in [0, 0.05) is 29.9 Å². The topological polar surface area (TPSA) is 85.7 Å². The summed E-state index contributed by atoms with van der Waals surface area (Å²) < 4.78 is 37.9. The number of halogens is 2. The van der Waals surface area contributed by atoms with Crippen LogP contribution in [0.5, 0.6) is 11.5 Å². The van der Waals surface area contributed by atoms with E-state index < -0.39 is 10.1 Å². The standard InChI is InChI=1S/C21H21Cl2NO2.CH4O3S/c1-25-19-8-6-14(5-7-15-17(22)12-24-13-18(15)23)16-11-21(26-20(16)19)9-3-2-4-10-21;1-5(2,3)4/h5-8,12-13H,2-4,9-11H2,1H3;1H3,(H,2,3,4)/b7-5+;. The van der Waals surface area contributed by atoms with Crippen molar-refractivity contribution in [1.29, 1.82) is 0 Å². The molecule has 31 heavy (non-hydrogen) atoms. The highest BCUT2D eigenvalue weighted by molar-refractivity contribution is 7.85. The highest BCUT2D eigenvalue weighted by Gasteiger charge is 2.42. The average Bonchev–Trinajstić information content (AvgIpc) is 3.05. The fourth-order valence-electron chi connectivity index (χ4n) is 4.04. The third-order valence-electron chi connectivity index (χ3n) is 5.38. The van der Waals surface area contributed by atoms with Crippen LogP contribution in [0.25, 0.3) is 12.2 Å². The fraction of sp³-hybridized carbons (Fsp3) is 0.409. The van der Waals surface area contributed by atoms with E-state index in [1.807, 2.05) is 12.1 Å². The Balaban J connectivity index is 0.000000491. The van der Waals surface area contributed by atoms with Crippen molar-refractivity contribution in [2.24, 2.45) is 0 Å². The summed E-state index contributed by atoms with van der Waals surface area (Å²) in [5, 5.41) is 1.08. The lowest BCUT2D eigenvalue weighted by Gasteiger charge is -2.32. The van der Waals surface area contributed by atoms with Gasteiger partial charge in [-0.25, -0.2) is 0 Å². The van der Waals surface area contributed by atoms with Gasteiger partial charge >= 0.3 is 0 Å². The van der Waals surface area contributed by atoms with Gasteiger partial charge in [-0.3, -0.25) is 9.54 Å². The van der Waals surface area contributed by atoms with Crippen molar-refractivity contribution in [3.8, 4) is 11.5 Å². The zero-order chi connectivity index (χ0) is 22.6. The van der Waals surface area contributed by atoms with E-state index in [9.17, 15) is 8.42 Å². The van der Waals surface area contributed by atoms with Crippen LogP contribution in [0.1, 0.15) is 48.8 Å². The first-order chi connectivity index (χ1) is 14.6. The molecule has 6 nitrogen and oxygen atoms in total. The molecule has 1 fully saturated rings. The van der Waals surface area contributed by atoms with Crippen LogP contribution in [0.3, 0.4) is 0 Å². The van der Waals surface area contributed by atoms with Gasteiger partial charge < -0.3 is 9.47 Å². The molecule has 1 N–H and O–H groups in total. The third-order valence-corrected chi connectivity index (χ3v) is 5.99. The molecule has 1 aliphatic heterocycles. The van der Waals surface area contributed by atoms with Crippen molar-refractivity contribution in [1.82, 2.24) is 4.98 Å². The molecule has 1 aromatic carbocycles. The maximum Gasteiger partial charge on any atom is 0.261 e. The number of methoxy groups -OCH3 is 1. The molecule has 2 heterocycles. The Labute approximate surface area is 192 Å². The number of pyridine rings is 1. The van der Waals surface area contributed by atoms with Gasteiger partial charge in [0.1, 0.15) is 5.60 Å². The number of aromatic nitrogens is 1. The van der Waals surface area contributed by atoms with E-state index in [2.05, 4.69) is 17.1 Å². The molecule has 0 bridgehead atoms. The van der Waals surface area contributed by atoms with Crippen molar-refractivity contribution in [2.75, 3.05) is 13.4 Å². The second-order valence-electron chi connectivity index (χ2n) is 7.77. The summed E-state index contributed by atoms with van der Waals surface area (Å²) in [5.74, 6) is 1.70. The van der Waals surface area contributed by atoms with Crippen LogP contribution < -0.4 is 9.47 Å². The predicted octanol–water partition coefficient (Wildman–Crippen LogP) is 5.71. The largest absolute Gasteiger partial charge is 0.493 e. The van der Waals surface area contributed by atoms with Crippen molar-refractivity contribution in [3.63, 3.8) is 0 Å². The van der Waals surface area contributed by atoms with Gasteiger partial charge in [0.25, 0.3) is 10.1 Å². The van der Waals surface area contributed by atoms with Gasteiger partial charge in [-0.2, -0.15) is 8.42 Å². The van der Waals surface area contributed by atoms with Crippen LogP contribution in [0.15, 0.2) is 24.5 Å². The molecule has 1 aromatic heterocycles. The van der Waals surface area contributed by atoms with Crippen molar-refractivity contribution >= 4 is 45.5 Å². The SMILES string of the molecule is COc1ccc(/C=C/c2c(Cl)cncc2Cl)c2c1OC1(CCCCC1)C2.CS(=O)(=O)O. The first-order valence-electron chi connectivity index (χ1n) is 9.90. The molecule has 0 saturated heterocycles. The van der Waals surface area contributed by atoms with E-state index in [1.165, 1.54) is 24.8 Å². The Hall–Kier alpha value is -1.80. The number of hydrogen-bond donors (Lipinski definition) is 1. The average molecular weight is 486 g/mol. The molecule has 1 aliphatic carbocycles. The second kappa shape index (κ2) is 9.77. The Morgan fingerprint density at radius 3 is 2.32 bits per heavy atom. The summed E-state index contributed by atoms with van der Waals surface area (Å²) in [6.45, 7) is 0. The number of rotatable bonds is 3. The van der Waals surface area contributed by atoms with Gasteiger partial charge in [-0.1, -0.05) is 47.8 Å². The predicted molar refractivity (Wildman–Crippen MR) is 124 cm³/mol. The van der Waals surface area contributed by atoms with E-state index >= 15 is 0 Å². The smallest absolute Gasteiger partial charge is 0.261 e. The van der Waals surface area contributed by atoms with Crippen LogP contribution >= 0.6 is 23.2 Å². The van der Waals surface area contributed by atoms with E-state index in [0.717, 1.165) is 41.9 Å². The minimum absolute atomic E-state index is 0.0657. The lowest BCUT2D eigenvalue weighted by Crippen LogP contribution is -2.36. The number of benzene rings is 1. The van der Waals surface area contributed by atoms with Crippen LogP contribution in [-0.4, -0.2) is 36.9 Å². The summed E-state index contributed by atoms with van der Waals surface area (Å²) in [4.78, 5) is 4.00. The quantitative estimate of drug-likeness (QED) is 0.560. The molecular weight excluding hydrogens is 461 g/mol. The van der Waals surface area contributed by atoms with E-state index in [-0.39, 0.29) is 5.60 Å². The van der Waals surface area contributed by atoms with Crippen molar-refractivity contribution in [2.45, 2.75) is 44.1 Å². The van der Waals surface area contributed by atoms with E-state index in [1.54, 1.807) is 19.5 Å². The minimum Gasteiger partial charge on any atom is -0.493 e. The molecule has 1 saturated carbocycles. The second-order valence-corrected chi connectivity index (χ2v) is 10.1. The molecule has 0 amide bonds. The van der Waals surface area contributed by atoms with Gasteiger partial charge in [-0.15, -0.1) is 0 Å². The Morgan fingerprint density at radius 1 is 1.13 bits per heavy atom. The van der Waals surface area contributed by atoms with Crippen LogP contribution in [0, 0.1) is 0 Å². The van der Waals surface area contributed by atoms with Gasteiger partial charge in [0.2, 0.25) is 0 Å². The first kappa shape index (κ1) is 23.9. The molecule has 1 spiro atoms. The first-order valence-corrected chi connectivity index (χ1v) is 12.5. The molecule has 168 valence electrons. The monoisotopic (exact) mass is 485 g/mol. The maximum absolute atomic E-state index is 9.19. The van der Waals surface area contributed by atoms with Crippen LogP contribution in [0.2, 0.25) is 10.0 Å². The lowest BCUT2D eigenvalue weighted by molar-refractivity contribution is 0.0507. The van der Waals surface area contributed by atoms with Crippen LogP contribution in [0.4, 0.5) is 0 Å². The summed E-state index contributed by atoms with van der Waals surface area (Å²) in [7, 11) is -1.98. The van der Waals surface area contributed by atoms with Crippen molar-refractivity contribution in [3.05, 3.63) is 51.3 Å². The number of ether oxygens (including phenoxy) is 2. The van der Waals surface area contributed by atoms with Gasteiger partial charge in [0.15, 0.2) is 11.5 Å². The van der Waals surface area contributed by atoms with Crippen LogP contribution in [-0.2, 0) is 16.5 Å². The molecule has 9 heteroatoms. The Kier molecular flexibility index (Phi) is 7.52. The summed E-state index contributed by atoms with van der Waals surface area (Å²) in [6.07, 6.45) is 14.8. The number of fused-ring (bicyclic) bond motifs is 1. The Morgan fingerprint density at radius 2 is 1.74 bits per heavy atom. The lowest BCUT2D eigenvalue weighted by atomic mass is 9.81. The Bertz CT molecular complexity index is 1050. The maximum atomic E-state index is 9.19. The summed E-state index contributed by atoms with van der Waals surface area (Å²) >= 11 is 12.5. The zero-order valence-electron chi connectivity index (χ0n) is 17.4. The molecule has 0 atom stereocenters. The number of hydrogen-bond acceptors (Lipinski definition) is 5. The highest BCUT2D eigenvalue weighted by Crippen LogP contribution is 2.49. The van der Waals surface area contributed by atoms with Crippen molar-refractivity contribution < 1.29 is 22.4 Å². The van der Waals surface area contributed by atoms with Gasteiger partial charge in [-0.05, 0) is 37.3 Å².